The van der Waals surface area contributed by atoms with Crippen LogP contribution >= 0.6 is 11.8 Å². The minimum atomic E-state index is -1.05. The van der Waals surface area contributed by atoms with Crippen LogP contribution in [0.4, 0.5) is 0 Å². The highest BCUT2D eigenvalue weighted by atomic mass is 32.2. The van der Waals surface area contributed by atoms with Crippen LogP contribution in [0.15, 0.2) is 4.99 Å². The van der Waals surface area contributed by atoms with E-state index >= 15 is 0 Å². The van der Waals surface area contributed by atoms with E-state index in [1.807, 2.05) is 0 Å². The van der Waals surface area contributed by atoms with Gasteiger partial charge < -0.3 is 15.2 Å². The summed E-state index contributed by atoms with van der Waals surface area (Å²) in [6.45, 7) is 1.68. The maximum absolute atomic E-state index is 10.0. The first-order chi connectivity index (χ1) is 5.29. The average Bonchev–Trinajstić information content (AvgIpc) is 2.03. The molecule has 1 N–H and O–H groups in total. The average molecular weight is 173 g/mol. The minimum Gasteiger partial charge on any atom is -0.549 e. The van der Waals surface area contributed by atoms with Crippen molar-refractivity contribution >= 4 is 22.9 Å². The van der Waals surface area contributed by atoms with Crippen LogP contribution < -0.4 is 10.4 Å². The molecule has 1 aliphatic heterocycles. The number of thioether (sulfide) groups is 1. The third kappa shape index (κ3) is 3.27. The second-order valence-electron chi connectivity index (χ2n) is 2.13. The third-order valence-electron chi connectivity index (χ3n) is 1.19. The van der Waals surface area contributed by atoms with Crippen molar-refractivity contribution in [1.82, 2.24) is 5.32 Å². The van der Waals surface area contributed by atoms with Gasteiger partial charge in [0.2, 0.25) is 0 Å². The zero-order valence-corrected chi connectivity index (χ0v) is 6.82. The number of carbonyl (C=O) groups excluding carboxylic acids is 1. The smallest absolute Gasteiger partial charge is 0.156 e. The van der Waals surface area contributed by atoms with Crippen LogP contribution in [0.1, 0.15) is 6.42 Å². The Morgan fingerprint density at radius 3 is 3.18 bits per heavy atom. The van der Waals surface area contributed by atoms with Gasteiger partial charge in [0.25, 0.3) is 0 Å². The second-order valence-corrected chi connectivity index (χ2v) is 3.09. The number of aliphatic imine (C=N–C) groups is 1. The monoisotopic (exact) mass is 173 g/mol. The molecule has 62 valence electrons. The molecular weight excluding hydrogens is 164 g/mol. The molecule has 1 rings (SSSR count). The van der Waals surface area contributed by atoms with Gasteiger partial charge in [-0.25, -0.2) is 0 Å². The normalized spacial score (nSPS) is 16.9. The molecule has 0 aliphatic carbocycles. The Morgan fingerprint density at radius 1 is 1.82 bits per heavy atom. The fraction of sp³-hybridized carbons (Fsp3) is 0.667. The lowest BCUT2D eigenvalue weighted by molar-refractivity contribution is -0.301. The number of amidine groups is 1. The molecule has 11 heavy (non-hydrogen) atoms. The zero-order chi connectivity index (χ0) is 8.10. The number of hydrogen-bond acceptors (Lipinski definition) is 5. The molecule has 0 atom stereocenters. The summed E-state index contributed by atoms with van der Waals surface area (Å²) in [7, 11) is 0. The standard InChI is InChI=1S/C6H10N2O2S/c9-5(10)4-11-6-7-2-1-3-8-6/h1-4H2,(H,7,8)(H,9,10)/p-1. The van der Waals surface area contributed by atoms with E-state index in [4.69, 9.17) is 0 Å². The summed E-state index contributed by atoms with van der Waals surface area (Å²) in [4.78, 5) is 14.1. The highest BCUT2D eigenvalue weighted by molar-refractivity contribution is 8.14. The number of nitrogens with zero attached hydrogens (tertiary/aromatic N) is 1. The Kier molecular flexibility index (Phi) is 3.22. The summed E-state index contributed by atoms with van der Waals surface area (Å²) in [5.74, 6) is -1.07. The maximum atomic E-state index is 10.0. The van der Waals surface area contributed by atoms with Crippen molar-refractivity contribution in [1.29, 1.82) is 0 Å². The predicted molar refractivity (Wildman–Crippen MR) is 42.4 cm³/mol. The summed E-state index contributed by atoms with van der Waals surface area (Å²) < 4.78 is 0. The lowest BCUT2D eigenvalue weighted by Crippen LogP contribution is -2.30. The van der Waals surface area contributed by atoms with Crippen LogP contribution in [0.25, 0.3) is 0 Å². The van der Waals surface area contributed by atoms with Gasteiger partial charge in [-0.05, 0) is 6.42 Å². The molecule has 0 fully saturated rings. The largest absolute Gasteiger partial charge is 0.549 e. The van der Waals surface area contributed by atoms with Crippen LogP contribution in [0.2, 0.25) is 0 Å². The van der Waals surface area contributed by atoms with Gasteiger partial charge in [0, 0.05) is 18.8 Å². The molecule has 0 aromatic heterocycles. The molecule has 1 heterocycles. The first-order valence-corrected chi connectivity index (χ1v) is 4.38. The number of carboxylic acids is 1. The number of hydrogen-bond donors (Lipinski definition) is 1. The van der Waals surface area contributed by atoms with Crippen molar-refractivity contribution < 1.29 is 9.90 Å². The molecule has 0 saturated heterocycles. The highest BCUT2D eigenvalue weighted by Crippen LogP contribution is 2.03. The van der Waals surface area contributed by atoms with Crippen molar-refractivity contribution in [2.75, 3.05) is 18.8 Å². The Hall–Kier alpha value is -0.710. The Bertz CT molecular complexity index is 181. The lowest BCUT2D eigenvalue weighted by Gasteiger charge is -2.13. The predicted octanol–water partition coefficient (Wildman–Crippen LogP) is -1.18. The van der Waals surface area contributed by atoms with E-state index in [9.17, 15) is 9.90 Å². The molecule has 0 aromatic carbocycles. The molecule has 0 spiro atoms. The van der Waals surface area contributed by atoms with Crippen molar-refractivity contribution in [2.24, 2.45) is 4.99 Å². The Morgan fingerprint density at radius 2 is 2.64 bits per heavy atom. The fourth-order valence-electron chi connectivity index (χ4n) is 0.735. The van der Waals surface area contributed by atoms with Crippen molar-refractivity contribution in [3.05, 3.63) is 0 Å². The topological polar surface area (TPSA) is 64.5 Å². The van der Waals surface area contributed by atoms with Crippen LogP contribution in [-0.2, 0) is 4.79 Å². The number of carbonyl (C=O) groups is 1. The molecule has 0 amide bonds. The number of nitrogens with one attached hydrogen (secondary N) is 1. The van der Waals surface area contributed by atoms with Gasteiger partial charge >= 0.3 is 0 Å². The van der Waals surface area contributed by atoms with Crippen LogP contribution in [0, 0.1) is 0 Å². The van der Waals surface area contributed by atoms with Gasteiger partial charge in [-0.2, -0.15) is 0 Å². The van der Waals surface area contributed by atoms with Crippen LogP contribution in [0.3, 0.4) is 0 Å². The molecule has 0 aromatic rings. The summed E-state index contributed by atoms with van der Waals surface area (Å²) in [6, 6.07) is 0. The van der Waals surface area contributed by atoms with Crippen molar-refractivity contribution in [2.45, 2.75) is 6.42 Å². The maximum Gasteiger partial charge on any atom is 0.156 e. The third-order valence-corrected chi connectivity index (χ3v) is 2.12. The highest BCUT2D eigenvalue weighted by Gasteiger charge is 2.03. The quantitative estimate of drug-likeness (QED) is 0.571. The summed E-state index contributed by atoms with van der Waals surface area (Å²) in [5.41, 5.74) is 0. The first-order valence-electron chi connectivity index (χ1n) is 3.40. The van der Waals surface area contributed by atoms with Gasteiger partial charge in [-0.1, -0.05) is 11.8 Å². The Labute approximate surface area is 69.1 Å². The van der Waals surface area contributed by atoms with Gasteiger partial charge in [-0.15, -0.1) is 0 Å². The number of rotatable bonds is 2. The van der Waals surface area contributed by atoms with E-state index in [0.717, 1.165) is 24.7 Å². The molecular formula is C6H9N2O2S-. The van der Waals surface area contributed by atoms with Gasteiger partial charge in [0.05, 0.1) is 5.97 Å². The van der Waals surface area contributed by atoms with E-state index in [1.165, 1.54) is 11.8 Å². The van der Waals surface area contributed by atoms with Crippen molar-refractivity contribution in [3.63, 3.8) is 0 Å². The fourth-order valence-corrected chi connectivity index (χ4v) is 1.38. The molecule has 1 aliphatic rings. The first kappa shape index (κ1) is 8.39. The SMILES string of the molecule is O=C([O-])CSC1=NCCCN1. The minimum absolute atomic E-state index is 0.0220. The lowest BCUT2D eigenvalue weighted by atomic mass is 10.4. The van der Waals surface area contributed by atoms with Crippen LogP contribution in [0.5, 0.6) is 0 Å². The van der Waals surface area contributed by atoms with E-state index in [-0.39, 0.29) is 5.75 Å². The number of carboxylic acid groups (broad SMARTS) is 1. The van der Waals surface area contributed by atoms with Gasteiger partial charge in [-0.3, -0.25) is 4.99 Å². The Balaban J connectivity index is 2.24. The molecule has 0 unspecified atom stereocenters. The zero-order valence-electron chi connectivity index (χ0n) is 6.00. The number of aliphatic carboxylic acids is 1. The molecule has 5 heteroatoms. The van der Waals surface area contributed by atoms with Gasteiger partial charge in [0.1, 0.15) is 0 Å². The molecule has 0 bridgehead atoms. The van der Waals surface area contributed by atoms with Gasteiger partial charge in [0.15, 0.2) is 5.17 Å². The second kappa shape index (κ2) is 4.23. The molecule has 0 saturated carbocycles. The van der Waals surface area contributed by atoms with E-state index in [0.29, 0.717) is 0 Å². The van der Waals surface area contributed by atoms with Crippen molar-refractivity contribution in [3.8, 4) is 0 Å². The summed E-state index contributed by atoms with van der Waals surface area (Å²) in [6.07, 6.45) is 1.02. The molecule has 0 radical (unpaired) electrons. The summed E-state index contributed by atoms with van der Waals surface area (Å²) >= 11 is 1.18. The summed E-state index contributed by atoms with van der Waals surface area (Å²) in [5, 5.41) is 13.7. The van der Waals surface area contributed by atoms with E-state index in [1.54, 1.807) is 0 Å². The van der Waals surface area contributed by atoms with Crippen LogP contribution in [-0.4, -0.2) is 30.0 Å². The van der Waals surface area contributed by atoms with E-state index in [2.05, 4.69) is 10.3 Å². The van der Waals surface area contributed by atoms with E-state index < -0.39 is 5.97 Å². The molecule has 4 nitrogen and oxygen atoms in total.